The van der Waals surface area contributed by atoms with Crippen molar-refractivity contribution in [1.29, 1.82) is 0 Å². The third-order valence-corrected chi connectivity index (χ3v) is 4.78. The Morgan fingerprint density at radius 3 is 2.57 bits per heavy atom. The van der Waals surface area contributed by atoms with Gasteiger partial charge in [-0.2, -0.15) is 0 Å². The monoisotopic (exact) mass is 325 g/mol. The quantitative estimate of drug-likeness (QED) is 0.828. The first-order valence-corrected chi connectivity index (χ1v) is 8.79. The Bertz CT molecular complexity index is 433. The van der Waals surface area contributed by atoms with Crippen LogP contribution in [0.5, 0.6) is 0 Å². The predicted octanol–water partition coefficient (Wildman–Crippen LogP) is 2.02. The molecule has 2 rings (SSSR count). The summed E-state index contributed by atoms with van der Waals surface area (Å²) in [5.74, 6) is 0.0467. The van der Waals surface area contributed by atoms with Crippen molar-refractivity contribution >= 4 is 12.0 Å². The molecule has 1 aliphatic heterocycles. The van der Waals surface area contributed by atoms with E-state index in [1.165, 1.54) is 0 Å². The van der Waals surface area contributed by atoms with Crippen LogP contribution in [0.2, 0.25) is 0 Å². The molecule has 23 heavy (non-hydrogen) atoms. The van der Waals surface area contributed by atoms with Crippen LogP contribution < -0.4 is 11.1 Å². The molecular weight excluding hydrogens is 294 g/mol. The van der Waals surface area contributed by atoms with E-state index in [0.717, 1.165) is 45.1 Å². The summed E-state index contributed by atoms with van der Waals surface area (Å²) in [4.78, 5) is 25.5. The average molecular weight is 325 g/mol. The maximum atomic E-state index is 12.6. The van der Waals surface area contributed by atoms with Crippen LogP contribution in [-0.4, -0.2) is 47.7 Å². The Morgan fingerprint density at radius 2 is 1.91 bits per heavy atom. The molecular formula is C17H31N3O3. The number of nitrogens with zero attached hydrogens (tertiary/aromatic N) is 1. The van der Waals surface area contributed by atoms with E-state index in [9.17, 15) is 9.59 Å². The van der Waals surface area contributed by atoms with Crippen molar-refractivity contribution in [2.45, 2.75) is 77.0 Å². The number of likely N-dealkylation sites (tertiary alicyclic amines) is 1. The van der Waals surface area contributed by atoms with Gasteiger partial charge >= 0.3 is 6.09 Å². The van der Waals surface area contributed by atoms with Crippen LogP contribution in [-0.2, 0) is 9.53 Å². The molecule has 0 aromatic carbocycles. The number of hydrogen-bond donors (Lipinski definition) is 2. The van der Waals surface area contributed by atoms with Gasteiger partial charge in [0.25, 0.3) is 0 Å². The summed E-state index contributed by atoms with van der Waals surface area (Å²) in [6.07, 6.45) is 6.23. The minimum absolute atomic E-state index is 0.200. The highest BCUT2D eigenvalue weighted by Gasteiger charge is 2.40. The summed E-state index contributed by atoms with van der Waals surface area (Å²) in [5.41, 5.74) is 4.78. The van der Waals surface area contributed by atoms with Gasteiger partial charge in [-0.3, -0.25) is 4.79 Å². The molecule has 3 N–H and O–H groups in total. The van der Waals surface area contributed by atoms with Gasteiger partial charge in [0, 0.05) is 18.6 Å². The summed E-state index contributed by atoms with van der Waals surface area (Å²) in [6, 6.07) is 0.460. The van der Waals surface area contributed by atoms with Gasteiger partial charge in [-0.05, 0) is 58.8 Å². The zero-order valence-electron chi connectivity index (χ0n) is 14.6. The second kappa shape index (κ2) is 7.51. The van der Waals surface area contributed by atoms with E-state index in [2.05, 4.69) is 5.32 Å². The molecule has 1 aliphatic carbocycles. The lowest BCUT2D eigenvalue weighted by molar-refractivity contribution is -0.117. The van der Waals surface area contributed by atoms with Crippen LogP contribution in [0.3, 0.4) is 0 Å². The minimum Gasteiger partial charge on any atom is -0.444 e. The van der Waals surface area contributed by atoms with Crippen LogP contribution in [0, 0.1) is 5.92 Å². The fourth-order valence-electron chi connectivity index (χ4n) is 3.88. The summed E-state index contributed by atoms with van der Waals surface area (Å²) in [7, 11) is 0. The molecule has 0 aromatic heterocycles. The zero-order chi connectivity index (χ0) is 17.0. The van der Waals surface area contributed by atoms with E-state index < -0.39 is 5.60 Å². The summed E-state index contributed by atoms with van der Waals surface area (Å²) in [6.45, 7) is 6.67. The van der Waals surface area contributed by atoms with Crippen molar-refractivity contribution in [3.63, 3.8) is 0 Å². The lowest BCUT2D eigenvalue weighted by atomic mass is 9.87. The van der Waals surface area contributed by atoms with Gasteiger partial charge in [-0.25, -0.2) is 4.79 Å². The van der Waals surface area contributed by atoms with Gasteiger partial charge in [-0.1, -0.05) is 6.42 Å². The molecule has 6 heteroatoms. The first-order chi connectivity index (χ1) is 10.8. The normalized spacial score (nSPS) is 28.7. The molecule has 2 amide bonds. The number of amides is 2. The van der Waals surface area contributed by atoms with Gasteiger partial charge in [-0.15, -0.1) is 0 Å². The summed E-state index contributed by atoms with van der Waals surface area (Å²) in [5, 5.41) is 3.28. The number of nitrogens with two attached hydrogens (primary N) is 1. The number of rotatable bonds is 4. The molecule has 3 atom stereocenters. The Morgan fingerprint density at radius 1 is 1.17 bits per heavy atom. The van der Waals surface area contributed by atoms with Crippen molar-refractivity contribution < 1.29 is 14.3 Å². The second-order valence-corrected chi connectivity index (χ2v) is 7.79. The highest BCUT2D eigenvalue weighted by Crippen LogP contribution is 2.35. The fraction of sp³-hybridized carbons (Fsp3) is 0.882. The van der Waals surface area contributed by atoms with Crippen molar-refractivity contribution in [3.8, 4) is 0 Å². The largest absolute Gasteiger partial charge is 0.444 e. The minimum atomic E-state index is -0.474. The highest BCUT2D eigenvalue weighted by atomic mass is 16.6. The Balaban J connectivity index is 2.04. The van der Waals surface area contributed by atoms with Crippen LogP contribution in [0.4, 0.5) is 4.79 Å². The average Bonchev–Trinajstić information content (AvgIpc) is 2.91. The summed E-state index contributed by atoms with van der Waals surface area (Å²) >= 11 is 0. The number of carbonyl (C=O) groups excluding carboxylic acids is 2. The lowest BCUT2D eigenvalue weighted by Gasteiger charge is -2.41. The van der Waals surface area contributed by atoms with Crippen molar-refractivity contribution in [2.75, 3.05) is 13.1 Å². The van der Waals surface area contributed by atoms with E-state index >= 15 is 0 Å². The molecule has 0 bridgehead atoms. The van der Waals surface area contributed by atoms with Crippen LogP contribution >= 0.6 is 0 Å². The highest BCUT2D eigenvalue weighted by molar-refractivity contribution is 5.75. The summed E-state index contributed by atoms with van der Waals surface area (Å²) < 4.78 is 5.59. The van der Waals surface area contributed by atoms with Crippen molar-refractivity contribution in [3.05, 3.63) is 0 Å². The lowest BCUT2D eigenvalue weighted by Crippen LogP contribution is -2.53. The molecule has 1 saturated heterocycles. The fourth-order valence-corrected chi connectivity index (χ4v) is 3.88. The maximum absolute atomic E-state index is 12.6. The van der Waals surface area contributed by atoms with Gasteiger partial charge < -0.3 is 20.7 Å². The zero-order valence-corrected chi connectivity index (χ0v) is 14.6. The van der Waals surface area contributed by atoms with Gasteiger partial charge in [0.1, 0.15) is 5.60 Å². The van der Waals surface area contributed by atoms with E-state index in [1.54, 1.807) is 0 Å². The second-order valence-electron chi connectivity index (χ2n) is 7.79. The standard InChI is InChI=1S/C17H31N3O3/c1-17(2,3)23-16(22)20-10-5-4-9-14(20)12-7-6-8-13(12)19-11-15(18)21/h12-14,19H,4-11H2,1-3H3,(H2,18,21). The smallest absolute Gasteiger partial charge is 0.410 e. The molecule has 132 valence electrons. The molecule has 0 aromatic rings. The number of primary amides is 1. The number of nitrogens with one attached hydrogen (secondary N) is 1. The van der Waals surface area contributed by atoms with E-state index in [0.29, 0.717) is 5.92 Å². The predicted molar refractivity (Wildman–Crippen MR) is 88.9 cm³/mol. The molecule has 0 spiro atoms. The first kappa shape index (κ1) is 18.0. The number of hydrogen-bond acceptors (Lipinski definition) is 4. The van der Waals surface area contributed by atoms with Gasteiger partial charge in [0.05, 0.1) is 6.54 Å². The topological polar surface area (TPSA) is 84.7 Å². The number of carbonyl (C=O) groups is 2. The molecule has 2 aliphatic rings. The molecule has 6 nitrogen and oxygen atoms in total. The first-order valence-electron chi connectivity index (χ1n) is 8.79. The van der Waals surface area contributed by atoms with Gasteiger partial charge in [0.2, 0.25) is 5.91 Å². The van der Waals surface area contributed by atoms with Crippen LogP contribution in [0.25, 0.3) is 0 Å². The van der Waals surface area contributed by atoms with Crippen LogP contribution in [0.15, 0.2) is 0 Å². The third-order valence-electron chi connectivity index (χ3n) is 4.78. The molecule has 1 saturated carbocycles. The molecule has 2 fully saturated rings. The van der Waals surface area contributed by atoms with E-state index in [4.69, 9.17) is 10.5 Å². The Hall–Kier alpha value is -1.30. The number of piperidine rings is 1. The van der Waals surface area contributed by atoms with E-state index in [-0.39, 0.29) is 30.6 Å². The Kier molecular flexibility index (Phi) is 5.89. The van der Waals surface area contributed by atoms with Crippen LogP contribution in [0.1, 0.15) is 59.3 Å². The van der Waals surface area contributed by atoms with Gasteiger partial charge in [0.15, 0.2) is 0 Å². The SMILES string of the molecule is CC(C)(C)OC(=O)N1CCCCC1C1CCCC1NCC(N)=O. The molecule has 1 heterocycles. The maximum Gasteiger partial charge on any atom is 0.410 e. The molecule has 0 radical (unpaired) electrons. The third kappa shape index (κ3) is 5.09. The van der Waals surface area contributed by atoms with Crippen molar-refractivity contribution in [1.82, 2.24) is 10.2 Å². The Labute approximate surface area is 139 Å². The van der Waals surface area contributed by atoms with E-state index in [1.807, 2.05) is 25.7 Å². The molecule has 3 unspecified atom stereocenters. The number of ether oxygens (including phenoxy) is 1. The van der Waals surface area contributed by atoms with Crippen molar-refractivity contribution in [2.24, 2.45) is 11.7 Å².